The number of aromatic nitrogens is 1. The molecule has 2 N–H and O–H groups in total. The summed E-state index contributed by atoms with van der Waals surface area (Å²) in [6.07, 6.45) is 5.25. The number of pyridine rings is 1. The number of carbonyl (C=O) groups is 1. The number of nitrogens with zero attached hydrogens (tertiary/aromatic N) is 1. The maximum absolute atomic E-state index is 10.4. The second-order valence-corrected chi connectivity index (χ2v) is 3.41. The van der Waals surface area contributed by atoms with Gasteiger partial charge in [-0.3, -0.25) is 9.78 Å². The third-order valence-electron chi connectivity index (χ3n) is 2.32. The van der Waals surface area contributed by atoms with Gasteiger partial charge in [-0.05, 0) is 31.5 Å². The fourth-order valence-electron chi connectivity index (χ4n) is 1.52. The average Bonchev–Trinajstić information content (AvgIpc) is 2.25. The normalized spacial score (nSPS) is 12.3. The zero-order valence-corrected chi connectivity index (χ0v) is 8.81. The number of hydrogen-bond acceptors (Lipinski definition) is 3. The zero-order valence-electron chi connectivity index (χ0n) is 8.81. The Balaban J connectivity index is 2.46. The first kappa shape index (κ1) is 11.7. The van der Waals surface area contributed by atoms with Gasteiger partial charge >= 0.3 is 5.97 Å². The van der Waals surface area contributed by atoms with Crippen molar-refractivity contribution in [3.63, 3.8) is 0 Å². The molecule has 0 fully saturated rings. The monoisotopic (exact) mass is 208 g/mol. The van der Waals surface area contributed by atoms with E-state index < -0.39 is 5.97 Å². The molecule has 4 nitrogen and oxygen atoms in total. The van der Waals surface area contributed by atoms with Crippen molar-refractivity contribution in [3.05, 3.63) is 30.1 Å². The van der Waals surface area contributed by atoms with Gasteiger partial charge in [-0.1, -0.05) is 6.07 Å². The maximum atomic E-state index is 10.4. The van der Waals surface area contributed by atoms with Gasteiger partial charge in [0.1, 0.15) is 0 Å². The van der Waals surface area contributed by atoms with E-state index >= 15 is 0 Å². The topological polar surface area (TPSA) is 62.2 Å². The maximum Gasteiger partial charge on any atom is 0.303 e. The van der Waals surface area contributed by atoms with Crippen molar-refractivity contribution in [1.29, 1.82) is 0 Å². The fourth-order valence-corrected chi connectivity index (χ4v) is 1.52. The van der Waals surface area contributed by atoms with Crippen LogP contribution in [0.15, 0.2) is 24.5 Å². The molecule has 1 aromatic heterocycles. The highest BCUT2D eigenvalue weighted by Crippen LogP contribution is 2.17. The molecule has 0 radical (unpaired) electrons. The summed E-state index contributed by atoms with van der Waals surface area (Å²) in [5, 5.41) is 11.7. The minimum Gasteiger partial charge on any atom is -0.481 e. The molecule has 0 aliphatic rings. The first-order chi connectivity index (χ1) is 7.24. The van der Waals surface area contributed by atoms with Crippen molar-refractivity contribution in [1.82, 2.24) is 10.3 Å². The second kappa shape index (κ2) is 6.14. The Kier molecular flexibility index (Phi) is 4.77. The van der Waals surface area contributed by atoms with Gasteiger partial charge in [-0.2, -0.15) is 0 Å². The lowest BCUT2D eigenvalue weighted by Crippen LogP contribution is -2.16. The van der Waals surface area contributed by atoms with Gasteiger partial charge in [0.05, 0.1) is 0 Å². The minimum absolute atomic E-state index is 0.193. The summed E-state index contributed by atoms with van der Waals surface area (Å²) in [7, 11) is 1.87. The van der Waals surface area contributed by atoms with E-state index in [1.165, 1.54) is 0 Å². The average molecular weight is 208 g/mol. The van der Waals surface area contributed by atoms with E-state index in [2.05, 4.69) is 10.3 Å². The van der Waals surface area contributed by atoms with Crippen LogP contribution < -0.4 is 5.32 Å². The molecule has 1 rings (SSSR count). The third kappa shape index (κ3) is 4.08. The SMILES string of the molecule is CNC(CCCC(=O)O)c1cccnc1. The lowest BCUT2D eigenvalue weighted by molar-refractivity contribution is -0.137. The number of aliphatic carboxylic acids is 1. The minimum atomic E-state index is -0.740. The Labute approximate surface area is 89.3 Å². The molecule has 0 bridgehead atoms. The summed E-state index contributed by atoms with van der Waals surface area (Å²) in [6, 6.07) is 4.07. The summed E-state index contributed by atoms with van der Waals surface area (Å²) < 4.78 is 0. The number of nitrogens with one attached hydrogen (secondary N) is 1. The molecule has 0 spiro atoms. The Morgan fingerprint density at radius 2 is 2.47 bits per heavy atom. The quantitative estimate of drug-likeness (QED) is 0.745. The summed E-state index contributed by atoms with van der Waals surface area (Å²) in [5.41, 5.74) is 1.10. The standard InChI is InChI=1S/C11H16N2O2/c1-12-10(5-2-6-11(14)15)9-4-3-7-13-8-9/h3-4,7-8,10,12H,2,5-6H2,1H3,(H,14,15). The number of carboxylic acids is 1. The fraction of sp³-hybridized carbons (Fsp3) is 0.455. The van der Waals surface area contributed by atoms with E-state index in [1.54, 1.807) is 6.20 Å². The van der Waals surface area contributed by atoms with Gasteiger partial charge < -0.3 is 10.4 Å². The zero-order chi connectivity index (χ0) is 11.1. The molecule has 0 aliphatic heterocycles. The number of hydrogen-bond donors (Lipinski definition) is 2. The smallest absolute Gasteiger partial charge is 0.303 e. The van der Waals surface area contributed by atoms with Gasteiger partial charge in [-0.15, -0.1) is 0 Å². The van der Waals surface area contributed by atoms with Crippen molar-refractivity contribution < 1.29 is 9.90 Å². The van der Waals surface area contributed by atoms with E-state index in [4.69, 9.17) is 5.11 Å². The first-order valence-electron chi connectivity index (χ1n) is 5.03. The Morgan fingerprint density at radius 1 is 1.67 bits per heavy atom. The van der Waals surface area contributed by atoms with Crippen LogP contribution in [0.5, 0.6) is 0 Å². The molecule has 0 aromatic carbocycles. The molecular formula is C11H16N2O2. The van der Waals surface area contributed by atoms with Gasteiger partial charge in [0, 0.05) is 24.9 Å². The molecule has 1 unspecified atom stereocenters. The van der Waals surface area contributed by atoms with Crippen LogP contribution in [0.2, 0.25) is 0 Å². The van der Waals surface area contributed by atoms with Crippen LogP contribution in [0, 0.1) is 0 Å². The lowest BCUT2D eigenvalue weighted by Gasteiger charge is -2.15. The number of carboxylic acid groups (broad SMARTS) is 1. The highest BCUT2D eigenvalue weighted by molar-refractivity contribution is 5.66. The molecule has 0 amide bonds. The largest absolute Gasteiger partial charge is 0.481 e. The Hall–Kier alpha value is -1.42. The van der Waals surface area contributed by atoms with Crippen molar-refractivity contribution in [2.75, 3.05) is 7.05 Å². The first-order valence-corrected chi connectivity index (χ1v) is 5.03. The highest BCUT2D eigenvalue weighted by Gasteiger charge is 2.09. The molecule has 1 aromatic rings. The third-order valence-corrected chi connectivity index (χ3v) is 2.32. The second-order valence-electron chi connectivity index (χ2n) is 3.41. The van der Waals surface area contributed by atoms with Crippen LogP contribution in [-0.4, -0.2) is 23.1 Å². The predicted octanol–water partition coefficient (Wildman–Crippen LogP) is 1.60. The molecular weight excluding hydrogens is 192 g/mol. The lowest BCUT2D eigenvalue weighted by atomic mass is 10.0. The number of rotatable bonds is 6. The summed E-state index contributed by atoms with van der Waals surface area (Å²) in [5.74, 6) is -0.740. The van der Waals surface area contributed by atoms with Crippen LogP contribution in [0.3, 0.4) is 0 Å². The van der Waals surface area contributed by atoms with Crippen LogP contribution >= 0.6 is 0 Å². The summed E-state index contributed by atoms with van der Waals surface area (Å²) in [6.45, 7) is 0. The van der Waals surface area contributed by atoms with E-state index in [1.807, 2.05) is 25.4 Å². The van der Waals surface area contributed by atoms with E-state index in [9.17, 15) is 4.79 Å². The highest BCUT2D eigenvalue weighted by atomic mass is 16.4. The molecule has 82 valence electrons. The van der Waals surface area contributed by atoms with E-state index in [0.717, 1.165) is 12.0 Å². The molecule has 0 saturated heterocycles. The van der Waals surface area contributed by atoms with Crippen molar-refractivity contribution in [3.8, 4) is 0 Å². The van der Waals surface area contributed by atoms with Crippen LogP contribution in [-0.2, 0) is 4.79 Å². The van der Waals surface area contributed by atoms with Crippen molar-refractivity contribution >= 4 is 5.97 Å². The van der Waals surface area contributed by atoms with Crippen molar-refractivity contribution in [2.45, 2.75) is 25.3 Å². The van der Waals surface area contributed by atoms with Crippen LogP contribution in [0.4, 0.5) is 0 Å². The Morgan fingerprint density at radius 3 is 3.00 bits per heavy atom. The van der Waals surface area contributed by atoms with Gasteiger partial charge in [0.2, 0.25) is 0 Å². The molecule has 0 saturated carbocycles. The Bertz CT molecular complexity index is 301. The summed E-state index contributed by atoms with van der Waals surface area (Å²) >= 11 is 0. The summed E-state index contributed by atoms with van der Waals surface area (Å²) in [4.78, 5) is 14.4. The van der Waals surface area contributed by atoms with Crippen LogP contribution in [0.25, 0.3) is 0 Å². The van der Waals surface area contributed by atoms with Crippen molar-refractivity contribution in [2.24, 2.45) is 0 Å². The van der Waals surface area contributed by atoms with Crippen LogP contribution in [0.1, 0.15) is 30.9 Å². The van der Waals surface area contributed by atoms with E-state index in [0.29, 0.717) is 6.42 Å². The molecule has 1 atom stereocenters. The molecule has 15 heavy (non-hydrogen) atoms. The van der Waals surface area contributed by atoms with Gasteiger partial charge in [-0.25, -0.2) is 0 Å². The molecule has 0 aliphatic carbocycles. The van der Waals surface area contributed by atoms with Gasteiger partial charge in [0.25, 0.3) is 0 Å². The van der Waals surface area contributed by atoms with E-state index in [-0.39, 0.29) is 12.5 Å². The predicted molar refractivity (Wildman–Crippen MR) is 57.5 cm³/mol. The van der Waals surface area contributed by atoms with Gasteiger partial charge in [0.15, 0.2) is 0 Å². The molecule has 4 heteroatoms. The molecule has 1 heterocycles.